The number of aromatic nitrogens is 5. The Morgan fingerprint density at radius 2 is 1.94 bits per heavy atom. The van der Waals surface area contributed by atoms with Crippen LogP contribution < -0.4 is 15.4 Å². The van der Waals surface area contributed by atoms with Gasteiger partial charge in [-0.15, -0.1) is 0 Å². The second-order valence-electron chi connectivity index (χ2n) is 8.57. The van der Waals surface area contributed by atoms with E-state index in [2.05, 4.69) is 46.5 Å². The van der Waals surface area contributed by atoms with Crippen molar-refractivity contribution in [1.29, 1.82) is 0 Å². The summed E-state index contributed by atoms with van der Waals surface area (Å²) in [6.45, 7) is 8.81. The monoisotopic (exact) mass is 433 g/mol. The van der Waals surface area contributed by atoms with Crippen LogP contribution in [0.4, 0.5) is 10.6 Å². The summed E-state index contributed by atoms with van der Waals surface area (Å²) in [5, 5.41) is 11.3. The maximum absolute atomic E-state index is 12.9. The molecule has 0 unspecified atom stereocenters. The van der Waals surface area contributed by atoms with E-state index in [4.69, 9.17) is 4.74 Å². The van der Waals surface area contributed by atoms with Crippen molar-refractivity contribution in [2.75, 3.05) is 12.4 Å². The van der Waals surface area contributed by atoms with E-state index in [-0.39, 0.29) is 11.6 Å². The summed E-state index contributed by atoms with van der Waals surface area (Å²) < 4.78 is 9.34. The van der Waals surface area contributed by atoms with Crippen LogP contribution in [0.5, 0.6) is 11.6 Å². The minimum absolute atomic E-state index is 0.166. The van der Waals surface area contributed by atoms with Gasteiger partial charge >= 0.3 is 6.03 Å². The molecule has 1 amide bonds. The lowest BCUT2D eigenvalue weighted by Crippen LogP contribution is -2.25. The van der Waals surface area contributed by atoms with E-state index in [9.17, 15) is 4.79 Å². The molecule has 0 atom stereocenters. The molecule has 1 aromatic carbocycles. The zero-order valence-electron chi connectivity index (χ0n) is 18.9. The standard InChI is InChI=1S/C23H27N7O2/c1-15-10-20(28-30(15)23(2,3)4)27-22(31)29-9-8-16-11-18(6-7-19(16)29)32-21-12-17(13-24-5)25-14-26-21/h6-12,14,24H,13H2,1-5H3,(H,27,28,31). The van der Waals surface area contributed by atoms with Crippen LogP contribution in [0.15, 0.2) is 48.9 Å². The molecule has 0 fully saturated rings. The highest BCUT2D eigenvalue weighted by Crippen LogP contribution is 2.26. The summed E-state index contributed by atoms with van der Waals surface area (Å²) in [5.74, 6) is 1.61. The first kappa shape index (κ1) is 21.5. The van der Waals surface area contributed by atoms with Crippen molar-refractivity contribution >= 4 is 22.8 Å². The molecule has 32 heavy (non-hydrogen) atoms. The summed E-state index contributed by atoms with van der Waals surface area (Å²) in [7, 11) is 1.86. The second-order valence-corrected chi connectivity index (χ2v) is 8.57. The van der Waals surface area contributed by atoms with E-state index < -0.39 is 0 Å². The quantitative estimate of drug-likeness (QED) is 0.487. The molecule has 0 spiro atoms. The van der Waals surface area contributed by atoms with Crippen molar-refractivity contribution in [3.05, 3.63) is 60.3 Å². The van der Waals surface area contributed by atoms with Crippen LogP contribution in [0.3, 0.4) is 0 Å². The minimum atomic E-state index is -0.278. The van der Waals surface area contributed by atoms with Crippen molar-refractivity contribution in [3.8, 4) is 11.6 Å². The average molecular weight is 434 g/mol. The van der Waals surface area contributed by atoms with Gasteiger partial charge in [-0.2, -0.15) is 5.10 Å². The summed E-state index contributed by atoms with van der Waals surface area (Å²) in [6.07, 6.45) is 3.21. The molecular weight excluding hydrogens is 406 g/mol. The van der Waals surface area contributed by atoms with E-state index in [0.29, 0.717) is 24.0 Å². The first-order valence-corrected chi connectivity index (χ1v) is 10.4. The molecule has 0 saturated carbocycles. The smallest absolute Gasteiger partial charge is 0.331 e. The van der Waals surface area contributed by atoms with Crippen LogP contribution in [0.25, 0.3) is 10.9 Å². The van der Waals surface area contributed by atoms with Crippen molar-refractivity contribution in [2.24, 2.45) is 0 Å². The maximum atomic E-state index is 12.9. The third kappa shape index (κ3) is 4.47. The topological polar surface area (TPSA) is 98.9 Å². The van der Waals surface area contributed by atoms with E-state index in [0.717, 1.165) is 22.3 Å². The van der Waals surface area contributed by atoms with Crippen molar-refractivity contribution in [1.82, 2.24) is 29.6 Å². The van der Waals surface area contributed by atoms with Crippen molar-refractivity contribution < 1.29 is 9.53 Å². The Balaban J connectivity index is 1.53. The molecule has 4 rings (SSSR count). The first-order valence-electron chi connectivity index (χ1n) is 10.4. The van der Waals surface area contributed by atoms with Crippen LogP contribution in [0.2, 0.25) is 0 Å². The van der Waals surface area contributed by atoms with Crippen LogP contribution in [-0.4, -0.2) is 37.4 Å². The van der Waals surface area contributed by atoms with Gasteiger partial charge in [0.05, 0.1) is 16.7 Å². The molecule has 0 saturated heterocycles. The Labute approximate surface area is 186 Å². The number of ether oxygens (including phenoxy) is 1. The zero-order valence-corrected chi connectivity index (χ0v) is 18.9. The van der Waals surface area contributed by atoms with Gasteiger partial charge in [-0.05, 0) is 59.0 Å². The summed E-state index contributed by atoms with van der Waals surface area (Å²) in [4.78, 5) is 21.2. The normalized spacial score (nSPS) is 11.7. The number of carbonyl (C=O) groups excluding carboxylic acids is 1. The number of hydrogen-bond acceptors (Lipinski definition) is 6. The SMILES string of the molecule is CNCc1cc(Oc2ccc3c(ccn3C(=O)Nc3cc(C)n(C(C)(C)C)n3)c2)ncn1. The van der Waals surface area contributed by atoms with Gasteiger partial charge in [0.25, 0.3) is 0 Å². The minimum Gasteiger partial charge on any atom is -0.439 e. The van der Waals surface area contributed by atoms with Gasteiger partial charge in [0.1, 0.15) is 12.1 Å². The van der Waals surface area contributed by atoms with Gasteiger partial charge in [-0.25, -0.2) is 14.8 Å². The van der Waals surface area contributed by atoms with Crippen LogP contribution in [0, 0.1) is 6.92 Å². The first-order chi connectivity index (χ1) is 15.2. The lowest BCUT2D eigenvalue weighted by Gasteiger charge is -2.21. The Bertz CT molecular complexity index is 1270. The fourth-order valence-corrected chi connectivity index (χ4v) is 3.58. The molecule has 166 valence electrons. The molecule has 0 aliphatic heterocycles. The van der Waals surface area contributed by atoms with Gasteiger partial charge in [-0.3, -0.25) is 14.6 Å². The molecule has 3 heterocycles. The number of benzene rings is 1. The fraction of sp³-hybridized carbons (Fsp3) is 0.304. The largest absolute Gasteiger partial charge is 0.439 e. The van der Waals surface area contributed by atoms with Crippen LogP contribution in [-0.2, 0) is 12.1 Å². The van der Waals surface area contributed by atoms with Gasteiger partial charge in [-0.1, -0.05) is 0 Å². The molecule has 0 aliphatic rings. The van der Waals surface area contributed by atoms with Gasteiger partial charge in [0.15, 0.2) is 5.82 Å². The van der Waals surface area contributed by atoms with Crippen LogP contribution in [0.1, 0.15) is 32.2 Å². The number of amides is 1. The summed E-state index contributed by atoms with van der Waals surface area (Å²) in [5.41, 5.74) is 2.42. The number of rotatable bonds is 5. The highest BCUT2D eigenvalue weighted by molar-refractivity contribution is 5.98. The summed E-state index contributed by atoms with van der Waals surface area (Å²) in [6, 6.07) is 10.8. The number of nitrogens with zero attached hydrogens (tertiary/aromatic N) is 5. The average Bonchev–Trinajstić information content (AvgIpc) is 3.31. The van der Waals surface area contributed by atoms with E-state index >= 15 is 0 Å². The molecule has 3 aromatic heterocycles. The Morgan fingerprint density at radius 3 is 2.66 bits per heavy atom. The number of hydrogen-bond donors (Lipinski definition) is 2. The maximum Gasteiger partial charge on any atom is 0.331 e. The predicted octanol–water partition coefficient (Wildman–Crippen LogP) is 4.28. The molecule has 2 N–H and O–H groups in total. The molecule has 4 aromatic rings. The molecular formula is C23H27N7O2. The predicted molar refractivity (Wildman–Crippen MR) is 123 cm³/mol. The third-order valence-electron chi connectivity index (χ3n) is 4.92. The Morgan fingerprint density at radius 1 is 1.12 bits per heavy atom. The van der Waals surface area contributed by atoms with Crippen molar-refractivity contribution in [2.45, 2.75) is 39.8 Å². The highest BCUT2D eigenvalue weighted by atomic mass is 16.5. The van der Waals surface area contributed by atoms with Gasteiger partial charge in [0, 0.05) is 36.0 Å². The lowest BCUT2D eigenvalue weighted by atomic mass is 10.1. The third-order valence-corrected chi connectivity index (χ3v) is 4.92. The lowest BCUT2D eigenvalue weighted by molar-refractivity contribution is 0.254. The Hall–Kier alpha value is -3.72. The highest BCUT2D eigenvalue weighted by Gasteiger charge is 2.19. The van der Waals surface area contributed by atoms with E-state index in [1.54, 1.807) is 16.8 Å². The molecule has 0 radical (unpaired) electrons. The number of carbonyl (C=O) groups is 1. The van der Waals surface area contributed by atoms with E-state index in [1.807, 2.05) is 49.0 Å². The van der Waals surface area contributed by atoms with Gasteiger partial charge < -0.3 is 10.1 Å². The second kappa shape index (κ2) is 8.43. The fourth-order valence-electron chi connectivity index (χ4n) is 3.58. The van der Waals surface area contributed by atoms with Gasteiger partial charge in [0.2, 0.25) is 5.88 Å². The zero-order chi connectivity index (χ0) is 22.9. The molecule has 0 bridgehead atoms. The molecule has 9 nitrogen and oxygen atoms in total. The number of nitrogens with one attached hydrogen (secondary N) is 2. The summed E-state index contributed by atoms with van der Waals surface area (Å²) >= 11 is 0. The Kier molecular flexibility index (Phi) is 5.67. The van der Waals surface area contributed by atoms with E-state index in [1.165, 1.54) is 6.33 Å². The number of fused-ring (bicyclic) bond motifs is 1. The molecule has 9 heteroatoms. The molecule has 0 aliphatic carbocycles. The van der Waals surface area contributed by atoms with Crippen molar-refractivity contribution in [3.63, 3.8) is 0 Å². The number of anilines is 1. The number of aryl methyl sites for hydroxylation is 1. The van der Waals surface area contributed by atoms with Crippen LogP contribution >= 0.6 is 0 Å².